The largest absolute Gasteiger partial charge is 0.496 e. The molecule has 0 fully saturated rings. The van der Waals surface area contributed by atoms with Gasteiger partial charge < -0.3 is 19.9 Å². The van der Waals surface area contributed by atoms with Crippen LogP contribution in [-0.2, 0) is 9.47 Å². The first kappa shape index (κ1) is 16.0. The van der Waals surface area contributed by atoms with Crippen LogP contribution in [0.1, 0.15) is 31.0 Å². The van der Waals surface area contributed by atoms with Gasteiger partial charge in [-0.1, -0.05) is 17.7 Å². The molecule has 0 radical (unpaired) electrons. The van der Waals surface area contributed by atoms with E-state index in [-0.39, 0.29) is 12.1 Å². The lowest BCUT2D eigenvalue weighted by molar-refractivity contribution is -0.00850. The van der Waals surface area contributed by atoms with E-state index in [0.29, 0.717) is 19.8 Å². The third kappa shape index (κ3) is 5.19. The topological polar surface area (TPSA) is 53.7 Å². The fourth-order valence-electron chi connectivity index (χ4n) is 1.83. The fourth-order valence-corrected chi connectivity index (χ4v) is 1.83. The molecule has 108 valence electrons. The predicted octanol–water partition coefficient (Wildman–Crippen LogP) is 2.45. The second-order valence-electron chi connectivity index (χ2n) is 4.66. The van der Waals surface area contributed by atoms with Crippen molar-refractivity contribution in [2.24, 2.45) is 5.73 Å². The van der Waals surface area contributed by atoms with Gasteiger partial charge in [-0.25, -0.2) is 0 Å². The van der Waals surface area contributed by atoms with Crippen molar-refractivity contribution in [1.82, 2.24) is 0 Å². The summed E-state index contributed by atoms with van der Waals surface area (Å²) in [6.07, 6.45) is 0.0433. The second-order valence-corrected chi connectivity index (χ2v) is 4.66. The highest BCUT2D eigenvalue weighted by molar-refractivity contribution is 5.39. The zero-order chi connectivity index (χ0) is 14.3. The smallest absolute Gasteiger partial charge is 0.123 e. The van der Waals surface area contributed by atoms with Gasteiger partial charge in [-0.2, -0.15) is 0 Å². The van der Waals surface area contributed by atoms with Crippen LogP contribution in [0.5, 0.6) is 5.75 Å². The van der Waals surface area contributed by atoms with Crippen molar-refractivity contribution in [3.8, 4) is 5.75 Å². The van der Waals surface area contributed by atoms with Crippen LogP contribution in [0.3, 0.4) is 0 Å². The summed E-state index contributed by atoms with van der Waals surface area (Å²) in [5.74, 6) is 0.805. The maximum atomic E-state index is 6.17. The molecule has 4 heteroatoms. The van der Waals surface area contributed by atoms with Gasteiger partial charge in [-0.15, -0.1) is 0 Å². The van der Waals surface area contributed by atoms with Crippen molar-refractivity contribution in [2.45, 2.75) is 32.9 Å². The van der Waals surface area contributed by atoms with E-state index >= 15 is 0 Å². The van der Waals surface area contributed by atoms with Gasteiger partial charge in [0.25, 0.3) is 0 Å². The Balaban J connectivity index is 2.57. The molecule has 0 aliphatic carbocycles. The quantitative estimate of drug-likeness (QED) is 0.786. The molecule has 1 rings (SSSR count). The van der Waals surface area contributed by atoms with Crippen LogP contribution in [0, 0.1) is 6.92 Å². The minimum absolute atomic E-state index is 0.0433. The third-order valence-electron chi connectivity index (χ3n) is 2.90. The lowest BCUT2D eigenvalue weighted by Gasteiger charge is -2.19. The van der Waals surface area contributed by atoms with Crippen molar-refractivity contribution in [1.29, 1.82) is 0 Å². The average molecular weight is 267 g/mol. The SMILES string of the molecule is CCOCC(C)OCC(N)c1cc(C)ccc1OC. The van der Waals surface area contributed by atoms with Gasteiger partial charge in [-0.05, 0) is 26.8 Å². The summed E-state index contributed by atoms with van der Waals surface area (Å²) in [4.78, 5) is 0. The number of hydrogen-bond donors (Lipinski definition) is 1. The van der Waals surface area contributed by atoms with Crippen LogP contribution in [-0.4, -0.2) is 33.0 Å². The van der Waals surface area contributed by atoms with E-state index in [1.807, 2.05) is 39.0 Å². The van der Waals surface area contributed by atoms with E-state index in [0.717, 1.165) is 16.9 Å². The number of rotatable bonds is 8. The molecule has 0 heterocycles. The molecule has 0 saturated carbocycles. The highest BCUT2D eigenvalue weighted by Crippen LogP contribution is 2.25. The van der Waals surface area contributed by atoms with Gasteiger partial charge in [0.2, 0.25) is 0 Å². The molecule has 2 unspecified atom stereocenters. The van der Waals surface area contributed by atoms with Gasteiger partial charge in [0.1, 0.15) is 5.75 Å². The molecule has 2 atom stereocenters. The zero-order valence-corrected chi connectivity index (χ0v) is 12.3. The summed E-state index contributed by atoms with van der Waals surface area (Å²) < 4.78 is 16.3. The normalized spacial score (nSPS) is 14.2. The van der Waals surface area contributed by atoms with E-state index in [2.05, 4.69) is 0 Å². The Bertz CT molecular complexity index is 382. The lowest BCUT2D eigenvalue weighted by Crippen LogP contribution is -2.24. The van der Waals surface area contributed by atoms with E-state index in [9.17, 15) is 0 Å². The fraction of sp³-hybridized carbons (Fsp3) is 0.600. The van der Waals surface area contributed by atoms with Crippen LogP contribution in [0.2, 0.25) is 0 Å². The summed E-state index contributed by atoms with van der Waals surface area (Å²) in [5, 5.41) is 0. The minimum atomic E-state index is -0.195. The van der Waals surface area contributed by atoms with Crippen molar-refractivity contribution in [3.63, 3.8) is 0 Å². The third-order valence-corrected chi connectivity index (χ3v) is 2.90. The molecule has 0 aromatic heterocycles. The number of methoxy groups -OCH3 is 1. The summed E-state index contributed by atoms with van der Waals surface area (Å²) in [5.41, 5.74) is 8.31. The number of ether oxygens (including phenoxy) is 3. The van der Waals surface area contributed by atoms with E-state index in [1.165, 1.54) is 0 Å². The first-order valence-corrected chi connectivity index (χ1v) is 6.68. The molecule has 1 aromatic rings. The van der Waals surface area contributed by atoms with Crippen molar-refractivity contribution >= 4 is 0 Å². The first-order valence-electron chi connectivity index (χ1n) is 6.68. The predicted molar refractivity (Wildman–Crippen MR) is 76.6 cm³/mol. The Labute approximate surface area is 115 Å². The maximum Gasteiger partial charge on any atom is 0.123 e. The van der Waals surface area contributed by atoms with E-state index < -0.39 is 0 Å². The molecule has 0 saturated heterocycles. The van der Waals surface area contributed by atoms with Crippen molar-refractivity contribution in [3.05, 3.63) is 29.3 Å². The monoisotopic (exact) mass is 267 g/mol. The Morgan fingerprint density at radius 2 is 2.00 bits per heavy atom. The Hall–Kier alpha value is -1.10. The lowest BCUT2D eigenvalue weighted by atomic mass is 10.0. The summed E-state index contributed by atoms with van der Waals surface area (Å²) in [7, 11) is 1.65. The molecule has 0 aliphatic rings. The van der Waals surface area contributed by atoms with Gasteiger partial charge >= 0.3 is 0 Å². The van der Waals surface area contributed by atoms with Gasteiger partial charge in [0, 0.05) is 12.2 Å². The molecular formula is C15H25NO3. The van der Waals surface area contributed by atoms with Gasteiger partial charge in [0.05, 0.1) is 32.5 Å². The van der Waals surface area contributed by atoms with Crippen LogP contribution in [0.4, 0.5) is 0 Å². The Morgan fingerprint density at radius 3 is 2.63 bits per heavy atom. The molecule has 0 amide bonds. The number of aryl methyl sites for hydroxylation is 1. The Kier molecular flexibility index (Phi) is 6.84. The zero-order valence-electron chi connectivity index (χ0n) is 12.3. The molecule has 19 heavy (non-hydrogen) atoms. The van der Waals surface area contributed by atoms with Crippen LogP contribution < -0.4 is 10.5 Å². The molecule has 0 bridgehead atoms. The molecule has 1 aromatic carbocycles. The number of benzene rings is 1. The minimum Gasteiger partial charge on any atom is -0.496 e. The number of hydrogen-bond acceptors (Lipinski definition) is 4. The van der Waals surface area contributed by atoms with Gasteiger partial charge in [-0.3, -0.25) is 0 Å². The summed E-state index contributed by atoms with van der Waals surface area (Å²) in [6.45, 7) is 7.73. The highest BCUT2D eigenvalue weighted by atomic mass is 16.5. The summed E-state index contributed by atoms with van der Waals surface area (Å²) in [6, 6.07) is 5.79. The molecule has 0 spiro atoms. The molecule has 0 aliphatic heterocycles. The second kappa shape index (κ2) is 8.15. The van der Waals surface area contributed by atoms with Crippen LogP contribution in [0.25, 0.3) is 0 Å². The average Bonchev–Trinajstić information content (AvgIpc) is 2.42. The molecule has 4 nitrogen and oxygen atoms in total. The highest BCUT2D eigenvalue weighted by Gasteiger charge is 2.14. The maximum absolute atomic E-state index is 6.17. The first-order chi connectivity index (χ1) is 9.08. The molecular weight excluding hydrogens is 242 g/mol. The van der Waals surface area contributed by atoms with Crippen LogP contribution >= 0.6 is 0 Å². The summed E-state index contributed by atoms with van der Waals surface area (Å²) >= 11 is 0. The molecule has 2 N–H and O–H groups in total. The standard InChI is InChI=1S/C15H25NO3/c1-5-18-9-12(3)19-10-14(16)13-8-11(2)6-7-15(13)17-4/h6-8,12,14H,5,9-10,16H2,1-4H3. The van der Waals surface area contributed by atoms with Crippen molar-refractivity contribution in [2.75, 3.05) is 26.9 Å². The number of nitrogens with two attached hydrogens (primary N) is 1. The Morgan fingerprint density at radius 1 is 1.26 bits per heavy atom. The van der Waals surface area contributed by atoms with Crippen molar-refractivity contribution < 1.29 is 14.2 Å². The van der Waals surface area contributed by atoms with E-state index in [4.69, 9.17) is 19.9 Å². The van der Waals surface area contributed by atoms with Crippen LogP contribution in [0.15, 0.2) is 18.2 Å². The van der Waals surface area contributed by atoms with E-state index in [1.54, 1.807) is 7.11 Å². The van der Waals surface area contributed by atoms with Gasteiger partial charge in [0.15, 0.2) is 0 Å².